The van der Waals surface area contributed by atoms with E-state index in [4.69, 9.17) is 16.3 Å². The van der Waals surface area contributed by atoms with Crippen molar-refractivity contribution in [1.82, 2.24) is 5.32 Å². The average molecular weight is 386 g/mol. The molecule has 0 radical (unpaired) electrons. The van der Waals surface area contributed by atoms with Crippen molar-refractivity contribution in [2.24, 2.45) is 0 Å². The molecular formula is C20H20ClN3O3. The van der Waals surface area contributed by atoms with E-state index in [1.807, 2.05) is 36.4 Å². The molecule has 27 heavy (non-hydrogen) atoms. The number of nitrogens with zero attached hydrogens (tertiary/aromatic N) is 1. The van der Waals surface area contributed by atoms with E-state index in [2.05, 4.69) is 10.6 Å². The van der Waals surface area contributed by atoms with Crippen LogP contribution in [-0.2, 0) is 27.3 Å². The molecule has 7 heteroatoms. The summed E-state index contributed by atoms with van der Waals surface area (Å²) < 4.78 is 5.31. The minimum Gasteiger partial charge on any atom is -0.378 e. The zero-order valence-electron chi connectivity index (χ0n) is 14.7. The van der Waals surface area contributed by atoms with Crippen LogP contribution in [0.5, 0.6) is 0 Å². The summed E-state index contributed by atoms with van der Waals surface area (Å²) in [6.45, 7) is 2.15. The van der Waals surface area contributed by atoms with E-state index in [1.165, 1.54) is 0 Å². The lowest BCUT2D eigenvalue weighted by Gasteiger charge is -2.23. The van der Waals surface area contributed by atoms with Crippen molar-refractivity contribution >= 4 is 34.8 Å². The standard InChI is InChI=1S/C20H20ClN3O3/c21-15-4-3-14-9-19(25)24(18(14)10-15)11-13-1-5-16(6-2-13)23-20(26)17-12-27-8-7-22-17/h1-6,10,17,22H,7-9,11-12H2,(H,23,26). The second-order valence-electron chi connectivity index (χ2n) is 6.70. The van der Waals surface area contributed by atoms with Crippen LogP contribution in [0, 0.1) is 0 Å². The van der Waals surface area contributed by atoms with E-state index in [9.17, 15) is 9.59 Å². The van der Waals surface area contributed by atoms with Crippen LogP contribution in [-0.4, -0.2) is 37.6 Å². The molecule has 2 amide bonds. The lowest BCUT2D eigenvalue weighted by Crippen LogP contribution is -2.48. The van der Waals surface area contributed by atoms with E-state index in [0.29, 0.717) is 43.4 Å². The molecule has 1 atom stereocenters. The van der Waals surface area contributed by atoms with Gasteiger partial charge >= 0.3 is 0 Å². The van der Waals surface area contributed by atoms with Gasteiger partial charge < -0.3 is 20.3 Å². The number of fused-ring (bicyclic) bond motifs is 1. The average Bonchev–Trinajstić information content (AvgIpc) is 2.99. The summed E-state index contributed by atoms with van der Waals surface area (Å²) in [5.41, 5.74) is 3.56. The number of carbonyl (C=O) groups excluding carboxylic acids is 2. The number of benzene rings is 2. The summed E-state index contributed by atoms with van der Waals surface area (Å²) in [5, 5.41) is 6.63. The molecule has 4 rings (SSSR count). The highest BCUT2D eigenvalue weighted by Crippen LogP contribution is 2.32. The fraction of sp³-hybridized carbons (Fsp3) is 0.300. The summed E-state index contributed by atoms with van der Waals surface area (Å²) >= 11 is 6.08. The van der Waals surface area contributed by atoms with Gasteiger partial charge in [-0.3, -0.25) is 9.59 Å². The number of hydrogen-bond donors (Lipinski definition) is 2. The van der Waals surface area contributed by atoms with Crippen molar-refractivity contribution < 1.29 is 14.3 Å². The molecule has 2 aliphatic heterocycles. The Bertz CT molecular complexity index is 863. The molecule has 1 unspecified atom stereocenters. The SMILES string of the molecule is O=C(Nc1ccc(CN2C(=O)Cc3ccc(Cl)cc32)cc1)C1COCCN1. The lowest BCUT2D eigenvalue weighted by atomic mass is 10.1. The molecule has 0 aromatic heterocycles. The second-order valence-corrected chi connectivity index (χ2v) is 7.13. The Kier molecular flexibility index (Phi) is 5.11. The van der Waals surface area contributed by atoms with Gasteiger partial charge in [-0.05, 0) is 35.4 Å². The monoisotopic (exact) mass is 385 g/mol. The van der Waals surface area contributed by atoms with Crippen molar-refractivity contribution in [3.05, 3.63) is 58.6 Å². The third-order valence-electron chi connectivity index (χ3n) is 4.78. The largest absolute Gasteiger partial charge is 0.378 e. The van der Waals surface area contributed by atoms with Crippen molar-refractivity contribution in [2.45, 2.75) is 19.0 Å². The first-order chi connectivity index (χ1) is 13.1. The van der Waals surface area contributed by atoms with Crippen LogP contribution in [0.3, 0.4) is 0 Å². The third-order valence-corrected chi connectivity index (χ3v) is 5.02. The fourth-order valence-corrected chi connectivity index (χ4v) is 3.51. The summed E-state index contributed by atoms with van der Waals surface area (Å²) in [6.07, 6.45) is 0.400. The van der Waals surface area contributed by atoms with Gasteiger partial charge in [0.05, 0.1) is 26.2 Å². The van der Waals surface area contributed by atoms with Crippen LogP contribution in [0.15, 0.2) is 42.5 Å². The molecule has 2 N–H and O–H groups in total. The first-order valence-corrected chi connectivity index (χ1v) is 9.28. The third kappa shape index (κ3) is 3.98. The zero-order chi connectivity index (χ0) is 18.8. The van der Waals surface area contributed by atoms with Gasteiger partial charge in [0.15, 0.2) is 0 Å². The Balaban J connectivity index is 1.42. The molecule has 1 fully saturated rings. The number of morpholine rings is 1. The van der Waals surface area contributed by atoms with Crippen molar-refractivity contribution in [3.8, 4) is 0 Å². The molecule has 6 nitrogen and oxygen atoms in total. The number of halogens is 1. The molecule has 140 valence electrons. The highest BCUT2D eigenvalue weighted by Gasteiger charge is 2.27. The van der Waals surface area contributed by atoms with E-state index >= 15 is 0 Å². The van der Waals surface area contributed by atoms with Crippen LogP contribution in [0.25, 0.3) is 0 Å². The highest BCUT2D eigenvalue weighted by molar-refractivity contribution is 6.31. The van der Waals surface area contributed by atoms with Gasteiger partial charge in [-0.2, -0.15) is 0 Å². The van der Waals surface area contributed by atoms with E-state index in [0.717, 1.165) is 16.8 Å². The van der Waals surface area contributed by atoms with E-state index in [-0.39, 0.29) is 17.9 Å². The van der Waals surface area contributed by atoms with Crippen LogP contribution >= 0.6 is 11.6 Å². The predicted octanol–water partition coefficient (Wildman–Crippen LogP) is 2.36. The first kappa shape index (κ1) is 18.0. The quantitative estimate of drug-likeness (QED) is 0.847. The second kappa shape index (κ2) is 7.68. The molecule has 2 aromatic carbocycles. The topological polar surface area (TPSA) is 70.7 Å². The van der Waals surface area contributed by atoms with Gasteiger partial charge in [-0.1, -0.05) is 29.8 Å². The predicted molar refractivity (Wildman–Crippen MR) is 104 cm³/mol. The Morgan fingerprint density at radius 1 is 1.26 bits per heavy atom. The maximum atomic E-state index is 12.3. The number of ether oxygens (including phenoxy) is 1. The number of amides is 2. The minimum absolute atomic E-state index is 0.0630. The summed E-state index contributed by atoms with van der Waals surface area (Å²) in [7, 11) is 0. The fourth-order valence-electron chi connectivity index (χ4n) is 3.34. The number of hydrogen-bond acceptors (Lipinski definition) is 4. The highest BCUT2D eigenvalue weighted by atomic mass is 35.5. The van der Waals surface area contributed by atoms with Crippen LogP contribution in [0.1, 0.15) is 11.1 Å². The molecule has 0 aliphatic carbocycles. The Labute approximate surface area is 162 Å². The Hall–Kier alpha value is -2.41. The molecular weight excluding hydrogens is 366 g/mol. The van der Waals surface area contributed by atoms with E-state index in [1.54, 1.807) is 11.0 Å². The van der Waals surface area contributed by atoms with E-state index < -0.39 is 0 Å². The lowest BCUT2D eigenvalue weighted by molar-refractivity contribution is -0.121. The van der Waals surface area contributed by atoms with Crippen LogP contribution in [0.2, 0.25) is 5.02 Å². The molecule has 1 saturated heterocycles. The Morgan fingerprint density at radius 2 is 2.07 bits per heavy atom. The van der Waals surface area contributed by atoms with Crippen molar-refractivity contribution in [2.75, 3.05) is 30.0 Å². The normalized spacial score (nSPS) is 19.1. The van der Waals surface area contributed by atoms with Gasteiger partial charge in [-0.15, -0.1) is 0 Å². The summed E-state index contributed by atoms with van der Waals surface area (Å²) in [4.78, 5) is 26.3. The molecule has 0 saturated carbocycles. The van der Waals surface area contributed by atoms with Gasteiger partial charge in [0.1, 0.15) is 6.04 Å². The van der Waals surface area contributed by atoms with Crippen LogP contribution < -0.4 is 15.5 Å². The number of nitrogens with one attached hydrogen (secondary N) is 2. The molecule has 0 spiro atoms. The number of rotatable bonds is 4. The minimum atomic E-state index is -0.332. The molecule has 2 aromatic rings. The van der Waals surface area contributed by atoms with Gasteiger partial charge in [-0.25, -0.2) is 0 Å². The summed E-state index contributed by atoms with van der Waals surface area (Å²) in [5.74, 6) is -0.0474. The Morgan fingerprint density at radius 3 is 2.81 bits per heavy atom. The van der Waals surface area contributed by atoms with Gasteiger partial charge in [0.25, 0.3) is 0 Å². The zero-order valence-corrected chi connectivity index (χ0v) is 15.5. The maximum absolute atomic E-state index is 12.3. The van der Waals surface area contributed by atoms with Gasteiger partial charge in [0.2, 0.25) is 11.8 Å². The maximum Gasteiger partial charge on any atom is 0.243 e. The van der Waals surface area contributed by atoms with Crippen LogP contribution in [0.4, 0.5) is 11.4 Å². The molecule has 2 aliphatic rings. The van der Waals surface area contributed by atoms with Crippen molar-refractivity contribution in [1.29, 1.82) is 0 Å². The number of anilines is 2. The van der Waals surface area contributed by atoms with Crippen molar-refractivity contribution in [3.63, 3.8) is 0 Å². The molecule has 0 bridgehead atoms. The smallest absolute Gasteiger partial charge is 0.243 e. The van der Waals surface area contributed by atoms with Gasteiger partial charge in [0, 0.05) is 22.9 Å². The summed E-state index contributed by atoms with van der Waals surface area (Å²) in [6, 6.07) is 12.7. The number of carbonyl (C=O) groups is 2. The first-order valence-electron chi connectivity index (χ1n) is 8.90. The molecule has 2 heterocycles.